The summed E-state index contributed by atoms with van der Waals surface area (Å²) in [5.41, 5.74) is 0.775. The van der Waals surface area contributed by atoms with Crippen LogP contribution in [0.1, 0.15) is 29.8 Å². The quantitative estimate of drug-likeness (QED) is 0.743. The molecule has 1 heterocycles. The Morgan fingerprint density at radius 3 is 2.58 bits per heavy atom. The van der Waals surface area contributed by atoms with Crippen LogP contribution in [0.3, 0.4) is 0 Å². The molecule has 0 unspecified atom stereocenters. The molecule has 0 aliphatic carbocycles. The highest BCUT2D eigenvalue weighted by atomic mass is 16.5. The number of ketones is 1. The summed E-state index contributed by atoms with van der Waals surface area (Å²) in [5.74, 6) is 0.375. The van der Waals surface area contributed by atoms with Crippen LogP contribution in [0.4, 0.5) is 5.69 Å². The molecule has 0 fully saturated rings. The second-order valence-corrected chi connectivity index (χ2v) is 5.53. The lowest BCUT2D eigenvalue weighted by Crippen LogP contribution is -2.31. The number of aliphatic hydroxyl groups excluding tert-OH is 1. The first kappa shape index (κ1) is 17.7. The number of nitrogens with zero attached hydrogens (tertiary/aromatic N) is 2. The number of carbonyl (C=O) groups is 1. The Labute approximate surface area is 139 Å². The molecule has 0 radical (unpaired) electrons. The minimum Gasteiger partial charge on any atom is -0.497 e. The zero-order valence-corrected chi connectivity index (χ0v) is 13.9. The highest BCUT2D eigenvalue weighted by molar-refractivity contribution is 5.98. The summed E-state index contributed by atoms with van der Waals surface area (Å²) in [6.45, 7) is 3.21. The van der Waals surface area contributed by atoms with Crippen molar-refractivity contribution < 1.29 is 14.6 Å². The molecule has 128 valence electrons. The Morgan fingerprint density at radius 2 is 2.04 bits per heavy atom. The number of Topliss-reactive ketones (excluding diaryl/α,β-unsaturated/α-hetero) is 1. The van der Waals surface area contributed by atoms with Crippen LogP contribution in [0.5, 0.6) is 5.75 Å². The summed E-state index contributed by atoms with van der Waals surface area (Å²) < 4.78 is 6.34. The van der Waals surface area contributed by atoms with Crippen LogP contribution in [0.15, 0.2) is 35.3 Å². The average Bonchev–Trinajstić information content (AvgIpc) is 2.57. The van der Waals surface area contributed by atoms with Gasteiger partial charge in [-0.05, 0) is 31.5 Å². The largest absolute Gasteiger partial charge is 0.497 e. The Kier molecular flexibility index (Phi) is 5.70. The molecule has 24 heavy (non-hydrogen) atoms. The van der Waals surface area contributed by atoms with Crippen molar-refractivity contribution in [1.29, 1.82) is 0 Å². The Balaban J connectivity index is 2.35. The number of hydrogen-bond donors (Lipinski definition) is 2. The van der Waals surface area contributed by atoms with Gasteiger partial charge < -0.3 is 15.2 Å². The molecule has 7 nitrogen and oxygen atoms in total. The molecule has 1 atom stereocenters. The minimum atomic E-state index is -0.464. The number of anilines is 1. The lowest BCUT2D eigenvalue weighted by molar-refractivity contribution is 0.101. The summed E-state index contributed by atoms with van der Waals surface area (Å²) in [6.07, 6.45) is 1.44. The monoisotopic (exact) mass is 331 g/mol. The molecule has 7 heteroatoms. The molecule has 0 spiro atoms. The molecular formula is C17H21N3O4. The van der Waals surface area contributed by atoms with Gasteiger partial charge in [0, 0.05) is 6.04 Å². The van der Waals surface area contributed by atoms with Crippen LogP contribution in [-0.4, -0.2) is 40.4 Å². The first-order valence-electron chi connectivity index (χ1n) is 7.57. The van der Waals surface area contributed by atoms with Gasteiger partial charge in [0.25, 0.3) is 5.56 Å². The number of hydrogen-bond acceptors (Lipinski definition) is 6. The van der Waals surface area contributed by atoms with E-state index >= 15 is 0 Å². The van der Waals surface area contributed by atoms with E-state index in [1.165, 1.54) is 17.8 Å². The lowest BCUT2D eigenvalue weighted by Gasteiger charge is -2.15. The molecule has 0 aliphatic rings. The summed E-state index contributed by atoms with van der Waals surface area (Å²) in [5, 5.41) is 16.2. The topological polar surface area (TPSA) is 93.4 Å². The number of aliphatic hydroxyl groups is 1. The van der Waals surface area contributed by atoms with Gasteiger partial charge in [-0.1, -0.05) is 12.1 Å². The van der Waals surface area contributed by atoms with E-state index in [0.29, 0.717) is 5.69 Å². The maximum atomic E-state index is 12.6. The van der Waals surface area contributed by atoms with Gasteiger partial charge in [0.1, 0.15) is 11.3 Å². The maximum Gasteiger partial charge on any atom is 0.280 e. The highest BCUT2D eigenvalue weighted by Crippen LogP contribution is 2.14. The van der Waals surface area contributed by atoms with Crippen LogP contribution >= 0.6 is 0 Å². The first-order valence-corrected chi connectivity index (χ1v) is 7.57. The number of rotatable bonds is 7. The SMILES string of the molecule is COc1ccc(Cn2ncc(N[C@H](C)CO)c(C(C)=O)c2=O)cc1. The molecule has 1 aromatic heterocycles. The van der Waals surface area contributed by atoms with Gasteiger partial charge >= 0.3 is 0 Å². The zero-order chi connectivity index (χ0) is 17.7. The Morgan fingerprint density at radius 1 is 1.38 bits per heavy atom. The number of ether oxygens (including phenoxy) is 1. The van der Waals surface area contributed by atoms with Gasteiger partial charge in [-0.2, -0.15) is 5.10 Å². The summed E-state index contributed by atoms with van der Waals surface area (Å²) in [6, 6.07) is 6.97. The lowest BCUT2D eigenvalue weighted by atomic mass is 10.1. The Hall–Kier alpha value is -2.67. The van der Waals surface area contributed by atoms with Crippen LogP contribution in [0, 0.1) is 0 Å². The fourth-order valence-electron chi connectivity index (χ4n) is 2.27. The van der Waals surface area contributed by atoms with E-state index in [2.05, 4.69) is 10.4 Å². The Bertz CT molecular complexity index is 768. The number of nitrogens with one attached hydrogen (secondary N) is 1. The maximum absolute atomic E-state index is 12.6. The van der Waals surface area contributed by atoms with Crippen molar-refractivity contribution in [2.75, 3.05) is 19.0 Å². The third-order valence-electron chi connectivity index (χ3n) is 3.56. The third kappa shape index (κ3) is 3.99. The predicted molar refractivity (Wildman–Crippen MR) is 90.8 cm³/mol. The van der Waals surface area contributed by atoms with Crippen molar-refractivity contribution >= 4 is 11.5 Å². The number of aromatic nitrogens is 2. The van der Waals surface area contributed by atoms with Crippen LogP contribution in [-0.2, 0) is 6.54 Å². The fraction of sp³-hybridized carbons (Fsp3) is 0.353. The molecule has 0 amide bonds. The van der Waals surface area contributed by atoms with Crippen molar-refractivity contribution in [1.82, 2.24) is 9.78 Å². The smallest absolute Gasteiger partial charge is 0.280 e. The zero-order valence-electron chi connectivity index (χ0n) is 13.9. The molecule has 2 N–H and O–H groups in total. The number of carbonyl (C=O) groups excluding carboxylic acids is 1. The second-order valence-electron chi connectivity index (χ2n) is 5.53. The second kappa shape index (κ2) is 7.74. The van der Waals surface area contributed by atoms with E-state index in [9.17, 15) is 9.59 Å². The van der Waals surface area contributed by atoms with E-state index in [4.69, 9.17) is 9.84 Å². The van der Waals surface area contributed by atoms with Crippen molar-refractivity contribution in [3.8, 4) is 5.75 Å². The van der Waals surface area contributed by atoms with E-state index < -0.39 is 5.56 Å². The van der Waals surface area contributed by atoms with Crippen LogP contribution < -0.4 is 15.6 Å². The van der Waals surface area contributed by atoms with Gasteiger partial charge in [-0.15, -0.1) is 0 Å². The normalized spacial score (nSPS) is 11.8. The molecule has 2 aromatic rings. The highest BCUT2D eigenvalue weighted by Gasteiger charge is 2.17. The molecule has 0 bridgehead atoms. The van der Waals surface area contributed by atoms with Crippen molar-refractivity contribution in [2.45, 2.75) is 26.4 Å². The summed E-state index contributed by atoms with van der Waals surface area (Å²) in [4.78, 5) is 24.5. The molecule has 2 rings (SSSR count). The fourth-order valence-corrected chi connectivity index (χ4v) is 2.27. The summed E-state index contributed by atoms with van der Waals surface area (Å²) in [7, 11) is 1.58. The third-order valence-corrected chi connectivity index (χ3v) is 3.56. The standard InChI is InChI=1S/C17H21N3O4/c1-11(10-21)19-15-8-18-20(17(23)16(15)12(2)22)9-13-4-6-14(24-3)7-5-13/h4-8,11,19,21H,9-10H2,1-3H3/t11-/m1/s1. The van der Waals surface area contributed by atoms with Crippen LogP contribution in [0.2, 0.25) is 0 Å². The number of methoxy groups -OCH3 is 1. The number of benzene rings is 1. The van der Waals surface area contributed by atoms with Gasteiger partial charge in [-0.25, -0.2) is 4.68 Å². The predicted octanol–water partition coefficient (Wildman–Crippen LogP) is 1.30. The van der Waals surface area contributed by atoms with Gasteiger partial charge in [0.15, 0.2) is 5.78 Å². The molecular weight excluding hydrogens is 310 g/mol. The minimum absolute atomic E-state index is 0.0406. The van der Waals surface area contributed by atoms with E-state index in [0.717, 1.165) is 11.3 Å². The van der Waals surface area contributed by atoms with E-state index in [-0.39, 0.29) is 30.5 Å². The molecule has 0 aliphatic heterocycles. The van der Waals surface area contributed by atoms with E-state index in [1.54, 1.807) is 26.2 Å². The van der Waals surface area contributed by atoms with Crippen molar-refractivity contribution in [2.24, 2.45) is 0 Å². The van der Waals surface area contributed by atoms with Gasteiger partial charge in [0.2, 0.25) is 0 Å². The average molecular weight is 331 g/mol. The van der Waals surface area contributed by atoms with Gasteiger partial charge in [-0.3, -0.25) is 9.59 Å². The molecule has 1 aromatic carbocycles. The van der Waals surface area contributed by atoms with E-state index in [1.807, 2.05) is 12.1 Å². The van der Waals surface area contributed by atoms with Crippen molar-refractivity contribution in [3.05, 3.63) is 51.9 Å². The molecule has 0 saturated heterocycles. The van der Waals surface area contributed by atoms with Crippen molar-refractivity contribution in [3.63, 3.8) is 0 Å². The van der Waals surface area contributed by atoms with Crippen LogP contribution in [0.25, 0.3) is 0 Å². The van der Waals surface area contributed by atoms with Gasteiger partial charge in [0.05, 0.1) is 32.1 Å². The first-order chi connectivity index (χ1) is 11.5. The molecule has 0 saturated carbocycles. The summed E-state index contributed by atoms with van der Waals surface area (Å²) >= 11 is 0.